The molecule has 110 valence electrons. The van der Waals surface area contributed by atoms with Crippen LogP contribution in [0.15, 0.2) is 35.7 Å². The number of hydrogen-bond acceptors (Lipinski definition) is 3. The first-order chi connectivity index (χ1) is 10.2. The Balaban J connectivity index is 1.91. The molecular weight excluding hydrogens is 280 g/mol. The van der Waals surface area contributed by atoms with E-state index in [0.29, 0.717) is 0 Å². The summed E-state index contributed by atoms with van der Waals surface area (Å²) in [6.45, 7) is 5.63. The topological polar surface area (TPSA) is 23.6 Å². The van der Waals surface area contributed by atoms with Gasteiger partial charge in [-0.15, -0.1) is 11.3 Å². The summed E-state index contributed by atoms with van der Waals surface area (Å²) >= 11 is 1.66. The fraction of sp³-hybridized carbons (Fsp3) is 0.353. The molecule has 0 spiro atoms. The Bertz CT molecular complexity index is 627. The van der Waals surface area contributed by atoms with E-state index in [2.05, 4.69) is 31.0 Å². The zero-order chi connectivity index (χ0) is 14.8. The third-order valence-electron chi connectivity index (χ3n) is 4.06. The highest BCUT2D eigenvalue weighted by atomic mass is 32.1. The smallest absolute Gasteiger partial charge is 0.255 e. The fourth-order valence-corrected chi connectivity index (χ4v) is 3.61. The van der Waals surface area contributed by atoms with E-state index in [1.165, 1.54) is 4.88 Å². The van der Waals surface area contributed by atoms with Gasteiger partial charge in [-0.1, -0.05) is 30.3 Å². The highest BCUT2D eigenvalue weighted by Crippen LogP contribution is 2.33. The molecule has 1 aliphatic heterocycles. The van der Waals surface area contributed by atoms with Gasteiger partial charge in [0.05, 0.1) is 5.56 Å². The second-order valence-corrected chi connectivity index (χ2v) is 6.63. The van der Waals surface area contributed by atoms with Crippen LogP contribution in [-0.2, 0) is 0 Å². The average Bonchev–Trinajstić information content (AvgIpc) is 2.90. The Hall–Kier alpha value is -1.65. The molecule has 0 bridgehead atoms. The van der Waals surface area contributed by atoms with Crippen LogP contribution in [-0.4, -0.2) is 48.9 Å². The van der Waals surface area contributed by atoms with Gasteiger partial charge in [-0.3, -0.25) is 4.79 Å². The van der Waals surface area contributed by atoms with Gasteiger partial charge in [0.2, 0.25) is 0 Å². The van der Waals surface area contributed by atoms with Crippen LogP contribution >= 0.6 is 11.3 Å². The molecule has 3 rings (SSSR count). The Kier molecular flexibility index (Phi) is 4.08. The highest BCUT2D eigenvalue weighted by Gasteiger charge is 2.24. The van der Waals surface area contributed by atoms with Crippen molar-refractivity contribution in [1.82, 2.24) is 9.80 Å². The second kappa shape index (κ2) is 6.00. The van der Waals surface area contributed by atoms with Crippen molar-refractivity contribution >= 4 is 17.2 Å². The number of amides is 1. The first-order valence-electron chi connectivity index (χ1n) is 7.28. The van der Waals surface area contributed by atoms with E-state index < -0.39 is 0 Å². The van der Waals surface area contributed by atoms with E-state index in [1.54, 1.807) is 11.3 Å². The van der Waals surface area contributed by atoms with Crippen molar-refractivity contribution in [1.29, 1.82) is 0 Å². The predicted octanol–water partition coefficient (Wildman–Crippen LogP) is 3.11. The van der Waals surface area contributed by atoms with Crippen molar-refractivity contribution in [3.63, 3.8) is 0 Å². The number of piperazine rings is 1. The molecule has 4 heteroatoms. The third-order valence-corrected chi connectivity index (χ3v) is 4.97. The number of likely N-dealkylation sites (N-methyl/N-ethyl adjacent to an activating group) is 1. The largest absolute Gasteiger partial charge is 0.336 e. The second-order valence-electron chi connectivity index (χ2n) is 5.54. The van der Waals surface area contributed by atoms with E-state index in [1.807, 2.05) is 28.5 Å². The number of hydrogen-bond donors (Lipinski definition) is 0. The maximum atomic E-state index is 12.8. The summed E-state index contributed by atoms with van der Waals surface area (Å²) in [4.78, 5) is 18.3. The van der Waals surface area contributed by atoms with Crippen molar-refractivity contribution in [3.05, 3.63) is 46.2 Å². The Morgan fingerprint density at radius 1 is 1.10 bits per heavy atom. The normalized spacial score (nSPS) is 16.2. The summed E-state index contributed by atoms with van der Waals surface area (Å²) in [5.74, 6) is 0.173. The van der Waals surface area contributed by atoms with Crippen LogP contribution in [0, 0.1) is 6.92 Å². The van der Waals surface area contributed by atoms with Crippen molar-refractivity contribution in [2.45, 2.75) is 6.92 Å². The molecule has 3 nitrogen and oxygen atoms in total. The van der Waals surface area contributed by atoms with Crippen LogP contribution in [0.5, 0.6) is 0 Å². The van der Waals surface area contributed by atoms with Crippen molar-refractivity contribution < 1.29 is 4.79 Å². The van der Waals surface area contributed by atoms with Gasteiger partial charge in [-0.2, -0.15) is 0 Å². The van der Waals surface area contributed by atoms with Crippen molar-refractivity contribution in [2.75, 3.05) is 33.2 Å². The molecule has 0 saturated carbocycles. The quantitative estimate of drug-likeness (QED) is 0.851. The lowest BCUT2D eigenvalue weighted by Gasteiger charge is -2.32. The van der Waals surface area contributed by atoms with E-state index in [9.17, 15) is 4.79 Å². The lowest BCUT2D eigenvalue weighted by atomic mass is 10.0. The summed E-state index contributed by atoms with van der Waals surface area (Å²) in [6, 6.07) is 10.2. The van der Waals surface area contributed by atoms with Gasteiger partial charge in [0.25, 0.3) is 5.91 Å². The van der Waals surface area contributed by atoms with Crippen LogP contribution < -0.4 is 0 Å². The minimum Gasteiger partial charge on any atom is -0.336 e. The minimum absolute atomic E-state index is 0.173. The molecule has 2 aromatic rings. The number of carbonyl (C=O) groups is 1. The number of nitrogens with zero attached hydrogens (tertiary/aromatic N) is 2. The average molecular weight is 300 g/mol. The molecule has 1 aliphatic rings. The van der Waals surface area contributed by atoms with Crippen LogP contribution in [0.25, 0.3) is 11.1 Å². The van der Waals surface area contributed by atoms with Crippen molar-refractivity contribution in [2.24, 2.45) is 0 Å². The van der Waals surface area contributed by atoms with Crippen LogP contribution in [0.2, 0.25) is 0 Å². The molecule has 1 aromatic carbocycles. The predicted molar refractivity (Wildman–Crippen MR) is 87.9 cm³/mol. The molecular formula is C17H20N2OS. The summed E-state index contributed by atoms with van der Waals surface area (Å²) in [5, 5.41) is 2.01. The number of rotatable bonds is 2. The van der Waals surface area contributed by atoms with E-state index >= 15 is 0 Å². The van der Waals surface area contributed by atoms with Gasteiger partial charge < -0.3 is 9.80 Å². The zero-order valence-electron chi connectivity index (χ0n) is 12.5. The molecule has 0 unspecified atom stereocenters. The van der Waals surface area contributed by atoms with E-state index in [4.69, 9.17) is 0 Å². The number of aryl methyl sites for hydroxylation is 1. The molecule has 2 heterocycles. The molecule has 0 aliphatic carbocycles. The first kappa shape index (κ1) is 14.3. The van der Waals surface area contributed by atoms with E-state index in [0.717, 1.165) is 42.9 Å². The summed E-state index contributed by atoms with van der Waals surface area (Å²) in [5.41, 5.74) is 3.09. The molecule has 21 heavy (non-hydrogen) atoms. The van der Waals surface area contributed by atoms with Gasteiger partial charge in [0, 0.05) is 42.0 Å². The van der Waals surface area contributed by atoms with E-state index in [-0.39, 0.29) is 5.91 Å². The van der Waals surface area contributed by atoms with Gasteiger partial charge in [-0.25, -0.2) is 0 Å². The number of benzene rings is 1. The van der Waals surface area contributed by atoms with Gasteiger partial charge >= 0.3 is 0 Å². The van der Waals surface area contributed by atoms with Crippen LogP contribution in [0.3, 0.4) is 0 Å². The monoisotopic (exact) mass is 300 g/mol. The molecule has 1 fully saturated rings. The first-order valence-corrected chi connectivity index (χ1v) is 8.16. The SMILES string of the molecule is Cc1scc(C(=O)N2CCN(C)CC2)c1-c1ccccc1. The Morgan fingerprint density at radius 3 is 2.43 bits per heavy atom. The Labute approximate surface area is 129 Å². The summed E-state index contributed by atoms with van der Waals surface area (Å²) in [7, 11) is 2.10. The molecule has 0 radical (unpaired) electrons. The minimum atomic E-state index is 0.173. The highest BCUT2D eigenvalue weighted by molar-refractivity contribution is 7.10. The molecule has 0 atom stereocenters. The third kappa shape index (κ3) is 2.87. The van der Waals surface area contributed by atoms with Crippen molar-refractivity contribution in [3.8, 4) is 11.1 Å². The molecule has 0 N–H and O–H groups in total. The number of thiophene rings is 1. The molecule has 1 amide bonds. The van der Waals surface area contributed by atoms with Gasteiger partial charge in [-0.05, 0) is 19.5 Å². The molecule has 1 aromatic heterocycles. The summed E-state index contributed by atoms with van der Waals surface area (Å²) in [6.07, 6.45) is 0. The zero-order valence-corrected chi connectivity index (χ0v) is 13.3. The van der Waals surface area contributed by atoms with Gasteiger partial charge in [0.1, 0.15) is 0 Å². The maximum absolute atomic E-state index is 12.8. The Morgan fingerprint density at radius 2 is 1.76 bits per heavy atom. The maximum Gasteiger partial charge on any atom is 0.255 e. The number of carbonyl (C=O) groups excluding carboxylic acids is 1. The van der Waals surface area contributed by atoms with Gasteiger partial charge in [0.15, 0.2) is 0 Å². The summed E-state index contributed by atoms with van der Waals surface area (Å²) < 4.78 is 0. The van der Waals surface area contributed by atoms with Crippen LogP contribution in [0.4, 0.5) is 0 Å². The lowest BCUT2D eigenvalue weighted by molar-refractivity contribution is 0.0665. The lowest BCUT2D eigenvalue weighted by Crippen LogP contribution is -2.47. The molecule has 1 saturated heterocycles. The fourth-order valence-electron chi connectivity index (χ4n) is 2.76. The standard InChI is InChI=1S/C17H20N2OS/c1-13-16(14-6-4-3-5-7-14)15(12-21-13)17(20)19-10-8-18(2)9-11-19/h3-7,12H,8-11H2,1-2H3. The van der Waals surface area contributed by atoms with Crippen LogP contribution in [0.1, 0.15) is 15.2 Å².